The van der Waals surface area contributed by atoms with E-state index in [-0.39, 0.29) is 18.1 Å². The molecule has 3 atom stereocenters. The van der Waals surface area contributed by atoms with Gasteiger partial charge in [-0.1, -0.05) is 34.5 Å². The minimum atomic E-state index is -0.293. The summed E-state index contributed by atoms with van der Waals surface area (Å²) in [4.78, 5) is 14.6. The Balaban J connectivity index is 1.60. The summed E-state index contributed by atoms with van der Waals surface area (Å²) in [5.41, 5.74) is 0.670. The van der Waals surface area contributed by atoms with Crippen LogP contribution in [0.1, 0.15) is 29.6 Å². The molecular formula is C18H23BrN2O2. The molecule has 3 unspecified atom stereocenters. The van der Waals surface area contributed by atoms with E-state index in [1.165, 1.54) is 0 Å². The molecule has 0 aromatic heterocycles. The van der Waals surface area contributed by atoms with Gasteiger partial charge in [0.15, 0.2) is 0 Å². The molecule has 0 saturated heterocycles. The minimum Gasteiger partial charge on any atom is -0.391 e. The molecule has 0 spiro atoms. The summed E-state index contributed by atoms with van der Waals surface area (Å²) in [5.74, 6) is 0.258. The zero-order chi connectivity index (χ0) is 16.2. The van der Waals surface area contributed by atoms with Gasteiger partial charge in [-0.05, 0) is 43.0 Å². The predicted octanol–water partition coefficient (Wildman–Crippen LogP) is 2.58. The number of nitrogens with zero attached hydrogens (tertiary/aromatic N) is 1. The molecule has 1 aromatic rings. The fraction of sp³-hybridized carbons (Fsp3) is 0.500. The van der Waals surface area contributed by atoms with Crippen LogP contribution in [0, 0.1) is 5.92 Å². The van der Waals surface area contributed by atoms with Crippen LogP contribution in [0.25, 0.3) is 0 Å². The van der Waals surface area contributed by atoms with Crippen LogP contribution in [-0.2, 0) is 0 Å². The van der Waals surface area contributed by atoms with Crippen LogP contribution >= 0.6 is 15.9 Å². The average Bonchev–Trinajstić information content (AvgIpc) is 3.07. The van der Waals surface area contributed by atoms with Gasteiger partial charge in [-0.2, -0.15) is 0 Å². The number of aliphatic hydroxyl groups is 1. The van der Waals surface area contributed by atoms with Gasteiger partial charge in [-0.25, -0.2) is 0 Å². The van der Waals surface area contributed by atoms with E-state index in [0.29, 0.717) is 18.0 Å². The first kappa shape index (κ1) is 16.7. The Kier molecular flexibility index (Phi) is 5.51. The monoisotopic (exact) mass is 378 g/mol. The molecular weight excluding hydrogens is 356 g/mol. The molecule has 0 radical (unpaired) electrons. The molecule has 0 bridgehead atoms. The van der Waals surface area contributed by atoms with E-state index in [1.807, 2.05) is 24.3 Å². The first-order valence-electron chi connectivity index (χ1n) is 8.26. The largest absolute Gasteiger partial charge is 0.391 e. The highest BCUT2D eigenvalue weighted by atomic mass is 79.9. The number of carbonyl (C=O) groups is 1. The zero-order valence-electron chi connectivity index (χ0n) is 13.1. The Morgan fingerprint density at radius 3 is 2.61 bits per heavy atom. The van der Waals surface area contributed by atoms with Crippen molar-refractivity contribution in [2.24, 2.45) is 5.92 Å². The topological polar surface area (TPSA) is 52.6 Å². The van der Waals surface area contributed by atoms with Gasteiger partial charge >= 0.3 is 0 Å². The summed E-state index contributed by atoms with van der Waals surface area (Å²) in [7, 11) is 0. The number of nitrogens with one attached hydrogen (secondary N) is 1. The van der Waals surface area contributed by atoms with E-state index in [9.17, 15) is 9.90 Å². The second kappa shape index (κ2) is 7.60. The number of carbonyl (C=O) groups excluding carboxylic acids is 1. The third-order valence-corrected chi connectivity index (χ3v) is 5.38. The lowest BCUT2D eigenvalue weighted by atomic mass is 9.81. The van der Waals surface area contributed by atoms with Gasteiger partial charge in [0.25, 0.3) is 5.91 Å². The van der Waals surface area contributed by atoms with Crippen LogP contribution < -0.4 is 5.32 Å². The van der Waals surface area contributed by atoms with Crippen molar-refractivity contribution < 1.29 is 9.90 Å². The van der Waals surface area contributed by atoms with E-state index in [4.69, 9.17) is 0 Å². The minimum absolute atomic E-state index is 0.0455. The highest BCUT2D eigenvalue weighted by Gasteiger charge is 2.36. The summed E-state index contributed by atoms with van der Waals surface area (Å²) in [5, 5.41) is 13.5. The van der Waals surface area contributed by atoms with E-state index in [2.05, 4.69) is 38.3 Å². The van der Waals surface area contributed by atoms with Gasteiger partial charge in [-0.15, -0.1) is 0 Å². The number of hydrogen-bond acceptors (Lipinski definition) is 3. The van der Waals surface area contributed by atoms with Crippen molar-refractivity contribution in [3.8, 4) is 0 Å². The summed E-state index contributed by atoms with van der Waals surface area (Å²) >= 11 is 3.38. The van der Waals surface area contributed by atoms with Crippen molar-refractivity contribution >= 4 is 21.8 Å². The molecule has 124 valence electrons. The number of rotatable bonds is 4. The molecule has 1 aromatic carbocycles. The number of benzene rings is 1. The smallest absolute Gasteiger partial charge is 0.251 e. The van der Waals surface area contributed by atoms with Gasteiger partial charge in [-0.3, -0.25) is 9.69 Å². The Morgan fingerprint density at radius 1 is 1.22 bits per heavy atom. The summed E-state index contributed by atoms with van der Waals surface area (Å²) in [6.45, 7) is 2.42. The molecule has 1 amide bonds. The van der Waals surface area contributed by atoms with Crippen molar-refractivity contribution in [3.63, 3.8) is 0 Å². The maximum absolute atomic E-state index is 12.3. The Hall–Kier alpha value is -1.17. The number of halogens is 1. The van der Waals surface area contributed by atoms with Crippen LogP contribution in [0.3, 0.4) is 0 Å². The van der Waals surface area contributed by atoms with E-state index in [1.54, 1.807) is 0 Å². The van der Waals surface area contributed by atoms with Crippen molar-refractivity contribution in [2.75, 3.05) is 19.6 Å². The van der Waals surface area contributed by atoms with Crippen LogP contribution in [-0.4, -0.2) is 47.7 Å². The van der Waals surface area contributed by atoms with Gasteiger partial charge in [0, 0.05) is 35.7 Å². The highest BCUT2D eigenvalue weighted by Crippen LogP contribution is 2.29. The summed E-state index contributed by atoms with van der Waals surface area (Å²) in [6, 6.07) is 7.52. The first-order valence-corrected chi connectivity index (χ1v) is 9.05. The standard InChI is InChI=1S/C18H23BrN2O2/c19-15-8-6-13(7-9-15)18(23)20-12-14-4-3-5-16(22)17(14)21-10-1-2-11-21/h1-2,6-9,14,16-17,22H,3-5,10-12H2,(H,20,23). The lowest BCUT2D eigenvalue weighted by molar-refractivity contribution is -0.000725. The van der Waals surface area contributed by atoms with Gasteiger partial charge in [0.1, 0.15) is 0 Å². The SMILES string of the molecule is O=C(NCC1CCCC(O)C1N1CC=CC1)c1ccc(Br)cc1. The number of aliphatic hydroxyl groups excluding tert-OH is 1. The number of amides is 1. The van der Waals surface area contributed by atoms with Crippen LogP contribution in [0.15, 0.2) is 40.9 Å². The zero-order valence-corrected chi connectivity index (χ0v) is 14.7. The lowest BCUT2D eigenvalue weighted by Gasteiger charge is -2.41. The second-order valence-corrected chi connectivity index (χ2v) is 7.31. The summed E-state index contributed by atoms with van der Waals surface area (Å²) in [6.07, 6.45) is 6.95. The molecule has 23 heavy (non-hydrogen) atoms. The molecule has 1 aliphatic heterocycles. The molecule has 5 heteroatoms. The van der Waals surface area contributed by atoms with E-state index in [0.717, 1.165) is 36.8 Å². The van der Waals surface area contributed by atoms with Crippen molar-refractivity contribution in [3.05, 3.63) is 46.5 Å². The molecule has 1 fully saturated rings. The summed E-state index contributed by atoms with van der Waals surface area (Å²) < 4.78 is 0.964. The van der Waals surface area contributed by atoms with E-state index >= 15 is 0 Å². The predicted molar refractivity (Wildman–Crippen MR) is 94.3 cm³/mol. The third-order valence-electron chi connectivity index (χ3n) is 4.85. The quantitative estimate of drug-likeness (QED) is 0.791. The van der Waals surface area contributed by atoms with Gasteiger partial charge in [0.05, 0.1) is 6.10 Å². The van der Waals surface area contributed by atoms with Crippen LogP contribution in [0.4, 0.5) is 0 Å². The Morgan fingerprint density at radius 2 is 1.91 bits per heavy atom. The van der Waals surface area contributed by atoms with Gasteiger partial charge in [0.2, 0.25) is 0 Å². The molecule has 4 nitrogen and oxygen atoms in total. The molecule has 2 N–H and O–H groups in total. The maximum Gasteiger partial charge on any atom is 0.251 e. The van der Waals surface area contributed by atoms with Crippen molar-refractivity contribution in [1.82, 2.24) is 10.2 Å². The normalized spacial score (nSPS) is 28.0. The van der Waals surface area contributed by atoms with Crippen molar-refractivity contribution in [2.45, 2.75) is 31.4 Å². The third kappa shape index (κ3) is 4.03. The molecule has 3 rings (SSSR count). The highest BCUT2D eigenvalue weighted by molar-refractivity contribution is 9.10. The van der Waals surface area contributed by atoms with Gasteiger partial charge < -0.3 is 10.4 Å². The molecule has 1 aliphatic carbocycles. The Bertz CT molecular complexity index is 565. The first-order chi connectivity index (χ1) is 11.1. The van der Waals surface area contributed by atoms with E-state index < -0.39 is 0 Å². The lowest BCUT2D eigenvalue weighted by Crippen LogP contribution is -2.52. The average molecular weight is 379 g/mol. The van der Waals surface area contributed by atoms with Crippen LogP contribution in [0.5, 0.6) is 0 Å². The number of hydrogen-bond donors (Lipinski definition) is 2. The fourth-order valence-corrected chi connectivity index (χ4v) is 3.94. The molecule has 1 heterocycles. The van der Waals surface area contributed by atoms with Crippen molar-refractivity contribution in [1.29, 1.82) is 0 Å². The fourth-order valence-electron chi connectivity index (χ4n) is 3.67. The second-order valence-electron chi connectivity index (χ2n) is 6.39. The Labute approximate surface area is 145 Å². The maximum atomic E-state index is 12.3. The molecule has 2 aliphatic rings. The molecule has 1 saturated carbocycles. The van der Waals surface area contributed by atoms with Crippen LogP contribution in [0.2, 0.25) is 0 Å².